The minimum absolute atomic E-state index is 0.0200. The molecule has 44 heavy (non-hydrogen) atoms. The zero-order valence-electron chi connectivity index (χ0n) is 26.8. The van der Waals surface area contributed by atoms with Crippen molar-refractivity contribution in [2.24, 2.45) is 13.0 Å². The summed E-state index contributed by atoms with van der Waals surface area (Å²) >= 11 is 0. The second kappa shape index (κ2) is 15.6. The minimum atomic E-state index is -4.01. The summed E-state index contributed by atoms with van der Waals surface area (Å²) in [6.45, 7) is 10.1. The summed E-state index contributed by atoms with van der Waals surface area (Å²) in [5.74, 6) is -0.332. The highest BCUT2D eigenvalue weighted by Crippen LogP contribution is 2.29. The van der Waals surface area contributed by atoms with E-state index in [0.29, 0.717) is 25.3 Å². The SMILES string of the molecule is CC(C)NC(=O)N(C)C[C@H]1OCCCC[C@H](C)Oc2ccc(NS(=O)(=O)c3cn(C)cn3)cc2C(=O)N([C@@H](C)CO)C[C@@H]1C. The summed E-state index contributed by atoms with van der Waals surface area (Å²) < 4.78 is 42.5. The molecule has 1 aromatic carbocycles. The number of imidazole rings is 1. The number of aryl methyl sites for hydroxylation is 1. The number of rotatable bonds is 8. The first-order chi connectivity index (χ1) is 20.7. The van der Waals surface area contributed by atoms with E-state index in [4.69, 9.17) is 9.47 Å². The molecule has 0 aliphatic carbocycles. The number of anilines is 1. The molecule has 13 nitrogen and oxygen atoms in total. The maximum atomic E-state index is 14.2. The van der Waals surface area contributed by atoms with E-state index in [-0.39, 0.29) is 59.6 Å². The van der Waals surface area contributed by atoms with Gasteiger partial charge in [0.2, 0.25) is 0 Å². The van der Waals surface area contributed by atoms with Gasteiger partial charge in [-0.3, -0.25) is 9.52 Å². The molecule has 3 amide bonds. The summed E-state index contributed by atoms with van der Waals surface area (Å²) in [5, 5.41) is 12.9. The zero-order chi connectivity index (χ0) is 32.6. The molecule has 3 rings (SSSR count). The smallest absolute Gasteiger partial charge is 0.317 e. The second-order valence-electron chi connectivity index (χ2n) is 12.0. The Morgan fingerprint density at radius 2 is 1.95 bits per heavy atom. The Morgan fingerprint density at radius 3 is 2.59 bits per heavy atom. The number of nitrogens with one attached hydrogen (secondary N) is 2. The van der Waals surface area contributed by atoms with Gasteiger partial charge in [-0.2, -0.15) is 8.42 Å². The molecule has 2 aromatic rings. The number of hydrogen-bond acceptors (Lipinski definition) is 8. The highest BCUT2D eigenvalue weighted by Gasteiger charge is 2.31. The van der Waals surface area contributed by atoms with Crippen LogP contribution in [0.4, 0.5) is 10.5 Å². The fourth-order valence-electron chi connectivity index (χ4n) is 4.89. The molecular weight excluding hydrogens is 588 g/mol. The third-order valence-electron chi connectivity index (χ3n) is 7.47. The number of sulfonamides is 1. The summed E-state index contributed by atoms with van der Waals surface area (Å²) in [6.07, 6.45) is 4.47. The maximum absolute atomic E-state index is 14.2. The topological polar surface area (TPSA) is 155 Å². The molecule has 0 saturated carbocycles. The van der Waals surface area contributed by atoms with Crippen LogP contribution in [0.5, 0.6) is 5.75 Å². The summed E-state index contributed by atoms with van der Waals surface area (Å²) in [6, 6.07) is 3.79. The molecule has 0 spiro atoms. The van der Waals surface area contributed by atoms with E-state index < -0.39 is 22.0 Å². The minimum Gasteiger partial charge on any atom is -0.490 e. The van der Waals surface area contributed by atoms with Gasteiger partial charge in [-0.1, -0.05) is 6.92 Å². The third-order valence-corrected chi connectivity index (χ3v) is 8.74. The van der Waals surface area contributed by atoms with Gasteiger partial charge in [0.25, 0.3) is 15.9 Å². The predicted octanol–water partition coefficient (Wildman–Crippen LogP) is 3.07. The number of nitrogens with zero attached hydrogens (tertiary/aromatic N) is 4. The van der Waals surface area contributed by atoms with Crippen LogP contribution in [0.25, 0.3) is 0 Å². The third kappa shape index (κ3) is 9.57. The number of amides is 3. The lowest BCUT2D eigenvalue weighted by atomic mass is 10.0. The van der Waals surface area contributed by atoms with Crippen LogP contribution in [0.15, 0.2) is 35.7 Å². The Morgan fingerprint density at radius 1 is 1.23 bits per heavy atom. The molecule has 0 radical (unpaired) electrons. The van der Waals surface area contributed by atoms with Gasteiger partial charge < -0.3 is 34.3 Å². The highest BCUT2D eigenvalue weighted by atomic mass is 32.2. The molecule has 0 fully saturated rings. The normalized spacial score (nSPS) is 21.2. The van der Waals surface area contributed by atoms with Crippen LogP contribution in [0.1, 0.15) is 64.2 Å². The number of hydrogen-bond donors (Lipinski definition) is 3. The average molecular weight is 637 g/mol. The van der Waals surface area contributed by atoms with Crippen molar-refractivity contribution < 1.29 is 32.6 Å². The van der Waals surface area contributed by atoms with Crippen LogP contribution in [0.2, 0.25) is 0 Å². The van der Waals surface area contributed by atoms with Crippen LogP contribution in [0, 0.1) is 5.92 Å². The predicted molar refractivity (Wildman–Crippen MR) is 167 cm³/mol. The van der Waals surface area contributed by atoms with Crippen molar-refractivity contribution in [1.82, 2.24) is 24.7 Å². The Labute approximate surface area is 261 Å². The number of aliphatic hydroxyl groups is 1. The first-order valence-corrected chi connectivity index (χ1v) is 16.6. The summed E-state index contributed by atoms with van der Waals surface area (Å²) in [7, 11) is -0.637. The molecular formula is C30H48N6O7S. The van der Waals surface area contributed by atoms with Crippen molar-refractivity contribution in [1.29, 1.82) is 0 Å². The first kappa shape index (κ1) is 35.1. The van der Waals surface area contributed by atoms with E-state index in [0.717, 1.165) is 12.8 Å². The van der Waals surface area contributed by atoms with Crippen molar-refractivity contribution in [2.45, 2.75) is 83.2 Å². The number of ether oxygens (including phenoxy) is 2. The monoisotopic (exact) mass is 636 g/mol. The van der Waals surface area contributed by atoms with Gasteiger partial charge in [0.15, 0.2) is 5.03 Å². The van der Waals surface area contributed by atoms with Gasteiger partial charge >= 0.3 is 6.03 Å². The van der Waals surface area contributed by atoms with Crippen molar-refractivity contribution in [3.05, 3.63) is 36.3 Å². The number of carbonyl (C=O) groups is 2. The Hall–Kier alpha value is -3.36. The van der Waals surface area contributed by atoms with E-state index in [1.807, 2.05) is 27.7 Å². The fraction of sp³-hybridized carbons (Fsp3) is 0.633. The van der Waals surface area contributed by atoms with Crippen molar-refractivity contribution in [3.8, 4) is 5.75 Å². The Balaban J connectivity index is 1.98. The Bertz CT molecular complexity index is 1370. The molecule has 14 heteroatoms. The zero-order valence-corrected chi connectivity index (χ0v) is 27.6. The van der Waals surface area contributed by atoms with Gasteiger partial charge in [-0.25, -0.2) is 9.78 Å². The van der Waals surface area contributed by atoms with E-state index in [1.165, 1.54) is 23.2 Å². The standard InChI is InChI=1S/C30H48N6O7S/c1-20(2)32-30(39)35(7)16-27-21(3)15-36(22(4)18-37)29(38)25-14-24(33-44(40,41)28-17-34(6)19-31-28)11-12-26(25)43-23(5)10-8-9-13-42-27/h11-12,14,17,19-23,27,33,37H,8-10,13,15-16,18H2,1-7H3,(H,32,39)/t21-,22-,23-,27+/m0/s1. The second-order valence-corrected chi connectivity index (χ2v) is 13.6. The maximum Gasteiger partial charge on any atom is 0.317 e. The lowest BCUT2D eigenvalue weighted by molar-refractivity contribution is -0.0122. The lowest BCUT2D eigenvalue weighted by Crippen LogP contribution is -2.49. The van der Waals surface area contributed by atoms with Crippen LogP contribution >= 0.6 is 0 Å². The highest BCUT2D eigenvalue weighted by molar-refractivity contribution is 7.92. The summed E-state index contributed by atoms with van der Waals surface area (Å²) in [5.41, 5.74) is 0.331. The first-order valence-electron chi connectivity index (χ1n) is 15.1. The van der Waals surface area contributed by atoms with Gasteiger partial charge in [0.1, 0.15) is 5.75 Å². The molecule has 0 saturated heterocycles. The largest absolute Gasteiger partial charge is 0.490 e. The quantitative estimate of drug-likeness (QED) is 0.399. The molecule has 3 N–H and O–H groups in total. The van der Waals surface area contributed by atoms with Gasteiger partial charge in [0.05, 0.1) is 36.7 Å². The number of fused-ring (bicyclic) bond motifs is 1. The van der Waals surface area contributed by atoms with Crippen LogP contribution in [0.3, 0.4) is 0 Å². The molecule has 4 atom stereocenters. The molecule has 0 unspecified atom stereocenters. The molecule has 1 aromatic heterocycles. The van der Waals surface area contributed by atoms with Crippen LogP contribution in [-0.4, -0.2) is 102 Å². The van der Waals surface area contributed by atoms with Gasteiger partial charge in [-0.05, 0) is 65.2 Å². The van der Waals surface area contributed by atoms with Gasteiger partial charge in [0, 0.05) is 57.6 Å². The molecule has 0 bridgehead atoms. The van der Waals surface area contributed by atoms with Crippen molar-refractivity contribution in [2.75, 3.05) is 38.1 Å². The number of urea groups is 1. The van der Waals surface area contributed by atoms with E-state index >= 15 is 0 Å². The lowest BCUT2D eigenvalue weighted by Gasteiger charge is -2.36. The van der Waals surface area contributed by atoms with E-state index in [1.54, 1.807) is 43.0 Å². The van der Waals surface area contributed by atoms with E-state index in [2.05, 4.69) is 15.0 Å². The van der Waals surface area contributed by atoms with Crippen molar-refractivity contribution >= 4 is 27.6 Å². The number of aromatic nitrogens is 2. The number of benzene rings is 1. The Kier molecular flexibility index (Phi) is 12.4. The fourth-order valence-corrected chi connectivity index (χ4v) is 5.93. The summed E-state index contributed by atoms with van der Waals surface area (Å²) in [4.78, 5) is 34.0. The van der Waals surface area contributed by atoms with Gasteiger partial charge in [-0.15, -0.1) is 0 Å². The molecule has 1 aliphatic heterocycles. The number of likely N-dealkylation sites (N-methyl/N-ethyl adjacent to an activating group) is 1. The van der Waals surface area contributed by atoms with Crippen LogP contribution in [-0.2, 0) is 21.8 Å². The van der Waals surface area contributed by atoms with Crippen LogP contribution < -0.4 is 14.8 Å². The molecule has 246 valence electrons. The van der Waals surface area contributed by atoms with Crippen molar-refractivity contribution in [3.63, 3.8) is 0 Å². The average Bonchev–Trinajstić information content (AvgIpc) is 3.41. The molecule has 1 aliphatic rings. The van der Waals surface area contributed by atoms with E-state index in [9.17, 15) is 23.1 Å². The molecule has 2 heterocycles. The number of aliphatic hydroxyl groups excluding tert-OH is 1. The number of carbonyl (C=O) groups excluding carboxylic acids is 2.